The summed E-state index contributed by atoms with van der Waals surface area (Å²) in [6.45, 7) is 8.82. The fourth-order valence-corrected chi connectivity index (χ4v) is 8.05. The van der Waals surface area contributed by atoms with Gasteiger partial charge in [-0.25, -0.2) is 19.5 Å². The molecule has 4 heterocycles. The number of nitrogens with one attached hydrogen (secondary N) is 1. The number of H-pyrrole nitrogens is 1. The van der Waals surface area contributed by atoms with E-state index in [9.17, 15) is 19.8 Å². The van der Waals surface area contributed by atoms with Gasteiger partial charge in [-0.05, 0) is 123 Å². The molecule has 0 bridgehead atoms. The number of phenols is 2. The van der Waals surface area contributed by atoms with E-state index in [-0.39, 0.29) is 23.3 Å². The number of aryl methyl sites for hydroxylation is 1. The molecule has 0 atom stereocenters. The zero-order valence-corrected chi connectivity index (χ0v) is 30.8. The number of aliphatic imine (C=N–C) groups is 1. The minimum atomic E-state index is -0.396. The van der Waals surface area contributed by atoms with Gasteiger partial charge in [-0.1, -0.05) is 44.2 Å². The molecule has 5 N–H and O–H groups in total. The van der Waals surface area contributed by atoms with Crippen molar-refractivity contribution >= 4 is 11.7 Å². The number of nitrogens with zero attached hydrogens (tertiary/aromatic N) is 5. The van der Waals surface area contributed by atoms with E-state index in [1.54, 1.807) is 6.07 Å². The van der Waals surface area contributed by atoms with Gasteiger partial charge >= 0.3 is 5.69 Å². The van der Waals surface area contributed by atoms with Gasteiger partial charge in [-0.2, -0.15) is 5.10 Å². The highest BCUT2D eigenvalue weighted by atomic mass is 16.3. The Kier molecular flexibility index (Phi) is 10.8. The number of amidine groups is 1. The van der Waals surface area contributed by atoms with Gasteiger partial charge < -0.3 is 25.7 Å². The van der Waals surface area contributed by atoms with Gasteiger partial charge in [0.1, 0.15) is 17.3 Å². The van der Waals surface area contributed by atoms with Crippen LogP contribution in [0.4, 0.5) is 0 Å². The lowest BCUT2D eigenvalue weighted by molar-refractivity contribution is 0.0651. The van der Waals surface area contributed by atoms with E-state index in [1.807, 2.05) is 43.0 Å². The number of aromatic amines is 1. The normalized spacial score (nSPS) is 17.4. The molecule has 7 rings (SSSR count). The number of nitrogens with two attached hydrogens (primary N) is 1. The Morgan fingerprint density at radius 2 is 1.57 bits per heavy atom. The molecule has 3 aromatic carbocycles. The molecule has 2 saturated heterocycles. The van der Waals surface area contributed by atoms with Crippen molar-refractivity contribution in [2.75, 3.05) is 32.7 Å². The average molecular weight is 718 g/mol. The van der Waals surface area contributed by atoms with Gasteiger partial charge in [0.2, 0.25) is 0 Å². The lowest BCUT2D eigenvalue weighted by Gasteiger charge is -2.37. The summed E-state index contributed by atoms with van der Waals surface area (Å²) in [5, 5.41) is 27.7. The standard InChI is InChI=1S/C42H51N7O4/c1-27(2)35-24-36(38(51)25-37(35)50)40-45-46-42(53)49(40)34-12-6-29(7-13-34)23-30-15-19-47(20-16-30)26-31-17-21-48(22-18-31)41(52)32-8-3-28(4-9-32)5-10-33-11-14-39(43)44-33/h3-4,6-9,11-13,24-25,27,30-31,50-51H,5,10,14-23,26H2,1-2H3,(H2,43,44)(H,46,53). The number of aromatic hydroxyl groups is 2. The predicted octanol–water partition coefficient (Wildman–Crippen LogP) is 6.15. The molecular weight excluding hydrogens is 667 g/mol. The molecule has 1 amide bonds. The maximum absolute atomic E-state index is 13.3. The van der Waals surface area contributed by atoms with E-state index in [2.05, 4.69) is 50.4 Å². The van der Waals surface area contributed by atoms with Crippen LogP contribution in [-0.4, -0.2) is 79.2 Å². The number of benzene rings is 3. The summed E-state index contributed by atoms with van der Waals surface area (Å²) < 4.78 is 1.46. The molecule has 4 aromatic rings. The van der Waals surface area contributed by atoms with Crippen LogP contribution in [0, 0.1) is 11.8 Å². The van der Waals surface area contributed by atoms with Crippen LogP contribution in [0.25, 0.3) is 17.1 Å². The third kappa shape index (κ3) is 8.41. The second-order valence-corrected chi connectivity index (χ2v) is 15.3. The van der Waals surface area contributed by atoms with Crippen LogP contribution in [0.3, 0.4) is 0 Å². The lowest BCUT2D eigenvalue weighted by Crippen LogP contribution is -2.43. The van der Waals surface area contributed by atoms with Gasteiger partial charge in [0.25, 0.3) is 5.91 Å². The molecule has 278 valence electrons. The van der Waals surface area contributed by atoms with Crippen molar-refractivity contribution in [1.82, 2.24) is 24.6 Å². The summed E-state index contributed by atoms with van der Waals surface area (Å²) in [6, 6.07) is 19.1. The summed E-state index contributed by atoms with van der Waals surface area (Å²) in [5.74, 6) is 2.23. The predicted molar refractivity (Wildman–Crippen MR) is 208 cm³/mol. The molecule has 11 heteroatoms. The molecule has 0 radical (unpaired) electrons. The Labute approximate surface area is 310 Å². The van der Waals surface area contributed by atoms with Crippen molar-refractivity contribution in [2.24, 2.45) is 22.6 Å². The second-order valence-electron chi connectivity index (χ2n) is 15.3. The van der Waals surface area contributed by atoms with Crippen molar-refractivity contribution in [2.45, 2.75) is 71.1 Å². The van der Waals surface area contributed by atoms with Gasteiger partial charge in [0.15, 0.2) is 5.82 Å². The van der Waals surface area contributed by atoms with Crippen molar-refractivity contribution in [3.63, 3.8) is 0 Å². The van der Waals surface area contributed by atoms with Crippen LogP contribution in [0.2, 0.25) is 0 Å². The van der Waals surface area contributed by atoms with E-state index in [0.29, 0.717) is 40.3 Å². The zero-order valence-electron chi connectivity index (χ0n) is 30.8. The topological polar surface area (TPSA) is 153 Å². The third-order valence-corrected chi connectivity index (χ3v) is 11.2. The summed E-state index contributed by atoms with van der Waals surface area (Å²) in [4.78, 5) is 35.1. The molecule has 0 spiro atoms. The van der Waals surface area contributed by atoms with E-state index in [0.717, 1.165) is 95.4 Å². The largest absolute Gasteiger partial charge is 0.508 e. The van der Waals surface area contributed by atoms with Gasteiger partial charge in [0, 0.05) is 43.4 Å². The molecule has 53 heavy (non-hydrogen) atoms. The molecule has 0 aliphatic carbocycles. The number of piperidine rings is 2. The first-order valence-electron chi connectivity index (χ1n) is 19.1. The number of carbonyl (C=O) groups excluding carboxylic acids is 1. The summed E-state index contributed by atoms with van der Waals surface area (Å²) in [5.41, 5.74) is 11.3. The van der Waals surface area contributed by atoms with Gasteiger partial charge in [0.05, 0.1) is 11.3 Å². The number of phenolic OH excluding ortho intramolecular Hbond substituents is 2. The maximum atomic E-state index is 13.3. The van der Waals surface area contributed by atoms with Crippen LogP contribution in [0.5, 0.6) is 11.5 Å². The van der Waals surface area contributed by atoms with E-state index in [1.165, 1.54) is 21.8 Å². The van der Waals surface area contributed by atoms with Gasteiger partial charge in [-0.3, -0.25) is 4.79 Å². The quantitative estimate of drug-likeness (QED) is 0.145. The van der Waals surface area contributed by atoms with Crippen molar-refractivity contribution < 1.29 is 15.0 Å². The van der Waals surface area contributed by atoms with Crippen molar-refractivity contribution in [3.05, 3.63) is 105 Å². The molecular formula is C42H51N7O4. The van der Waals surface area contributed by atoms with Gasteiger partial charge in [-0.15, -0.1) is 0 Å². The smallest absolute Gasteiger partial charge is 0.348 e. The molecule has 1 aromatic heterocycles. The van der Waals surface area contributed by atoms with Crippen LogP contribution >= 0.6 is 0 Å². The van der Waals surface area contributed by atoms with E-state index < -0.39 is 5.69 Å². The Bertz CT molecular complexity index is 2030. The monoisotopic (exact) mass is 717 g/mol. The molecule has 2 fully saturated rings. The summed E-state index contributed by atoms with van der Waals surface area (Å²) in [7, 11) is 0. The highest BCUT2D eigenvalue weighted by molar-refractivity contribution is 5.94. The fourth-order valence-electron chi connectivity index (χ4n) is 8.05. The first kappa shape index (κ1) is 36.2. The first-order valence-corrected chi connectivity index (χ1v) is 19.1. The minimum absolute atomic E-state index is 0.0138. The van der Waals surface area contributed by atoms with Crippen LogP contribution < -0.4 is 11.4 Å². The lowest BCUT2D eigenvalue weighted by atomic mass is 9.89. The number of hydrogen-bond acceptors (Lipinski definition) is 8. The minimum Gasteiger partial charge on any atom is -0.508 e. The Morgan fingerprint density at radius 3 is 2.23 bits per heavy atom. The summed E-state index contributed by atoms with van der Waals surface area (Å²) >= 11 is 0. The third-order valence-electron chi connectivity index (χ3n) is 11.2. The maximum Gasteiger partial charge on any atom is 0.348 e. The molecule has 0 saturated carbocycles. The first-order chi connectivity index (χ1) is 25.6. The summed E-state index contributed by atoms with van der Waals surface area (Å²) in [6.07, 6.45) is 9.96. The SMILES string of the molecule is CC(C)c1cc(-c2n[nH]c(=O)n2-c2ccc(CC3CCN(CC4CCN(C(=O)c5ccc(CCC6=CCC(N)=N6)cc5)CC4)CC3)cc2)c(O)cc1O. The van der Waals surface area contributed by atoms with Crippen LogP contribution in [0.15, 0.2) is 82.2 Å². The molecule has 11 nitrogen and oxygen atoms in total. The number of aromatic nitrogens is 3. The van der Waals surface area contributed by atoms with E-state index in [4.69, 9.17) is 5.73 Å². The number of amides is 1. The van der Waals surface area contributed by atoms with Crippen molar-refractivity contribution in [3.8, 4) is 28.6 Å². The number of allylic oxidation sites excluding steroid dienone is 1. The second kappa shape index (κ2) is 15.8. The highest BCUT2D eigenvalue weighted by Gasteiger charge is 2.27. The molecule has 3 aliphatic rings. The van der Waals surface area contributed by atoms with Crippen molar-refractivity contribution in [1.29, 1.82) is 0 Å². The number of hydrogen-bond donors (Lipinski definition) is 4. The Balaban J connectivity index is 0.860. The Hall–Kier alpha value is -5.16. The fraction of sp³-hybridized carbons (Fsp3) is 0.429. The highest BCUT2D eigenvalue weighted by Crippen LogP contribution is 2.37. The zero-order chi connectivity index (χ0) is 37.1. The number of rotatable bonds is 11. The van der Waals surface area contributed by atoms with Crippen LogP contribution in [0.1, 0.15) is 85.3 Å². The van der Waals surface area contributed by atoms with Crippen LogP contribution in [-0.2, 0) is 12.8 Å². The number of likely N-dealkylation sites (tertiary alicyclic amines) is 2. The Morgan fingerprint density at radius 1 is 0.887 bits per heavy atom. The number of carbonyl (C=O) groups is 1. The molecule has 0 unspecified atom stereocenters. The average Bonchev–Trinajstić information content (AvgIpc) is 3.76. The molecule has 3 aliphatic heterocycles. The van der Waals surface area contributed by atoms with E-state index >= 15 is 0 Å².